The van der Waals surface area contributed by atoms with Crippen LogP contribution in [0.3, 0.4) is 0 Å². The van der Waals surface area contributed by atoms with Gasteiger partial charge in [0.1, 0.15) is 6.04 Å². The normalized spacial score (nSPS) is 21.2. The molecule has 1 heterocycles. The van der Waals surface area contributed by atoms with E-state index in [0.717, 1.165) is 37.7 Å². The highest BCUT2D eigenvalue weighted by Crippen LogP contribution is 2.26. The van der Waals surface area contributed by atoms with Crippen molar-refractivity contribution in [1.29, 1.82) is 0 Å². The van der Waals surface area contributed by atoms with Crippen molar-refractivity contribution in [2.75, 3.05) is 6.54 Å². The van der Waals surface area contributed by atoms with Gasteiger partial charge in [0.05, 0.1) is 0 Å². The molecule has 2 aliphatic rings. The number of nitrogens with zero attached hydrogens (tertiary/aromatic N) is 1. The molecular formula is C20H28N2O2. The molecule has 1 saturated carbocycles. The van der Waals surface area contributed by atoms with Crippen molar-refractivity contribution in [2.45, 2.75) is 69.9 Å². The standard InChI is InChI=1S/C20H28N2O2/c23-18-14-8-3-9-15-22(18)19(16-10-4-1-5-11-16)20(24)21-17-12-6-2-7-13-17/h1,4-5,10-11,17,19H,2-3,6-9,12-15H2,(H,21,24). The second-order valence-electron chi connectivity index (χ2n) is 7.05. The molecule has 0 spiro atoms. The number of carbonyl (C=O) groups is 2. The van der Waals surface area contributed by atoms with E-state index >= 15 is 0 Å². The molecule has 4 heteroatoms. The molecular weight excluding hydrogens is 300 g/mol. The molecule has 0 aromatic heterocycles. The maximum absolute atomic E-state index is 13.1. The van der Waals surface area contributed by atoms with Crippen LogP contribution in [-0.2, 0) is 9.59 Å². The van der Waals surface area contributed by atoms with Gasteiger partial charge in [-0.3, -0.25) is 9.59 Å². The van der Waals surface area contributed by atoms with Crippen molar-refractivity contribution in [3.8, 4) is 0 Å². The second kappa shape index (κ2) is 8.32. The van der Waals surface area contributed by atoms with Crippen molar-refractivity contribution in [3.63, 3.8) is 0 Å². The van der Waals surface area contributed by atoms with Crippen LogP contribution in [0.5, 0.6) is 0 Å². The smallest absolute Gasteiger partial charge is 0.247 e. The van der Waals surface area contributed by atoms with Gasteiger partial charge in [0.15, 0.2) is 0 Å². The van der Waals surface area contributed by atoms with E-state index < -0.39 is 6.04 Å². The number of hydrogen-bond donors (Lipinski definition) is 1. The lowest BCUT2D eigenvalue weighted by Gasteiger charge is -2.32. The summed E-state index contributed by atoms with van der Waals surface area (Å²) < 4.78 is 0. The molecule has 4 nitrogen and oxygen atoms in total. The Balaban J connectivity index is 1.81. The largest absolute Gasteiger partial charge is 0.351 e. The fourth-order valence-corrected chi connectivity index (χ4v) is 3.91. The van der Waals surface area contributed by atoms with E-state index in [2.05, 4.69) is 5.32 Å². The van der Waals surface area contributed by atoms with E-state index in [-0.39, 0.29) is 17.9 Å². The highest BCUT2D eigenvalue weighted by atomic mass is 16.2. The first-order valence-corrected chi connectivity index (χ1v) is 9.40. The molecule has 1 unspecified atom stereocenters. The molecule has 130 valence electrons. The maximum atomic E-state index is 13.1. The van der Waals surface area contributed by atoms with Crippen molar-refractivity contribution < 1.29 is 9.59 Å². The van der Waals surface area contributed by atoms with Gasteiger partial charge in [0.25, 0.3) is 0 Å². The third-order valence-corrected chi connectivity index (χ3v) is 5.24. The summed E-state index contributed by atoms with van der Waals surface area (Å²) in [6, 6.07) is 9.53. The molecule has 3 rings (SSSR count). The number of amides is 2. The van der Waals surface area contributed by atoms with Crippen LogP contribution in [0, 0.1) is 0 Å². The van der Waals surface area contributed by atoms with Gasteiger partial charge in [0, 0.05) is 19.0 Å². The first-order chi connectivity index (χ1) is 11.8. The van der Waals surface area contributed by atoms with Crippen molar-refractivity contribution in [3.05, 3.63) is 35.9 Å². The number of benzene rings is 1. The van der Waals surface area contributed by atoms with E-state index in [1.165, 1.54) is 19.3 Å². The van der Waals surface area contributed by atoms with Gasteiger partial charge in [-0.15, -0.1) is 0 Å². The average Bonchev–Trinajstić information content (AvgIpc) is 2.82. The fourth-order valence-electron chi connectivity index (χ4n) is 3.91. The minimum absolute atomic E-state index is 0.0108. The second-order valence-corrected chi connectivity index (χ2v) is 7.05. The van der Waals surface area contributed by atoms with Gasteiger partial charge in [-0.2, -0.15) is 0 Å². The molecule has 1 aliphatic carbocycles. The number of rotatable bonds is 4. The Morgan fingerprint density at radius 3 is 2.46 bits per heavy atom. The van der Waals surface area contributed by atoms with E-state index in [1.54, 1.807) is 4.90 Å². The van der Waals surface area contributed by atoms with Crippen LogP contribution >= 0.6 is 0 Å². The zero-order valence-corrected chi connectivity index (χ0v) is 14.4. The molecule has 0 bridgehead atoms. The minimum atomic E-state index is -0.487. The molecule has 2 amide bonds. The summed E-state index contributed by atoms with van der Waals surface area (Å²) in [5, 5.41) is 3.22. The van der Waals surface area contributed by atoms with Crippen LogP contribution in [0.4, 0.5) is 0 Å². The van der Waals surface area contributed by atoms with Crippen molar-refractivity contribution in [2.24, 2.45) is 0 Å². The van der Waals surface area contributed by atoms with Crippen LogP contribution in [0.25, 0.3) is 0 Å². The minimum Gasteiger partial charge on any atom is -0.351 e. The van der Waals surface area contributed by atoms with Crippen LogP contribution in [-0.4, -0.2) is 29.3 Å². The van der Waals surface area contributed by atoms with E-state index in [1.807, 2.05) is 30.3 Å². The summed E-state index contributed by atoms with van der Waals surface area (Å²) >= 11 is 0. The van der Waals surface area contributed by atoms with Crippen LogP contribution in [0.1, 0.15) is 69.4 Å². The molecule has 1 saturated heterocycles. The number of carbonyl (C=O) groups excluding carboxylic acids is 2. The summed E-state index contributed by atoms with van der Waals surface area (Å²) in [7, 11) is 0. The van der Waals surface area contributed by atoms with Crippen LogP contribution < -0.4 is 5.32 Å². The first kappa shape index (κ1) is 17.0. The third-order valence-electron chi connectivity index (χ3n) is 5.24. The Kier molecular flexibility index (Phi) is 5.89. The van der Waals surface area contributed by atoms with Crippen molar-refractivity contribution >= 4 is 11.8 Å². The Labute approximate surface area is 144 Å². The van der Waals surface area contributed by atoms with E-state index in [4.69, 9.17) is 0 Å². The van der Waals surface area contributed by atoms with E-state index in [9.17, 15) is 9.59 Å². The first-order valence-electron chi connectivity index (χ1n) is 9.40. The Bertz CT molecular complexity index is 552. The lowest BCUT2D eigenvalue weighted by molar-refractivity contribution is -0.140. The highest BCUT2D eigenvalue weighted by molar-refractivity contribution is 5.89. The predicted octanol–water partition coefficient (Wildman–Crippen LogP) is 3.58. The van der Waals surface area contributed by atoms with Gasteiger partial charge in [0.2, 0.25) is 11.8 Å². The number of nitrogens with one attached hydrogen (secondary N) is 1. The molecule has 2 fully saturated rings. The quantitative estimate of drug-likeness (QED) is 0.918. The average molecular weight is 328 g/mol. The maximum Gasteiger partial charge on any atom is 0.247 e. The van der Waals surface area contributed by atoms with Gasteiger partial charge >= 0.3 is 0 Å². The Hall–Kier alpha value is -1.84. The summed E-state index contributed by atoms with van der Waals surface area (Å²) in [5.41, 5.74) is 0.918. The summed E-state index contributed by atoms with van der Waals surface area (Å²) in [5.74, 6) is 0.100. The zero-order valence-electron chi connectivity index (χ0n) is 14.4. The fraction of sp³-hybridized carbons (Fsp3) is 0.600. The predicted molar refractivity (Wildman–Crippen MR) is 94.4 cm³/mol. The lowest BCUT2D eigenvalue weighted by Crippen LogP contribution is -2.47. The number of likely N-dealkylation sites (tertiary alicyclic amines) is 1. The number of hydrogen-bond acceptors (Lipinski definition) is 2. The highest BCUT2D eigenvalue weighted by Gasteiger charge is 2.32. The molecule has 1 N–H and O–H groups in total. The van der Waals surface area contributed by atoms with Crippen LogP contribution in [0.2, 0.25) is 0 Å². The summed E-state index contributed by atoms with van der Waals surface area (Å²) in [6.07, 6.45) is 9.27. The molecule has 1 aromatic carbocycles. The van der Waals surface area contributed by atoms with E-state index in [0.29, 0.717) is 13.0 Å². The zero-order chi connectivity index (χ0) is 16.8. The SMILES string of the molecule is O=C(NC1CCCCC1)C(c1ccccc1)N1CCCCCC1=O. The van der Waals surface area contributed by atoms with Crippen LogP contribution in [0.15, 0.2) is 30.3 Å². The molecule has 0 radical (unpaired) electrons. The molecule has 1 atom stereocenters. The summed E-state index contributed by atoms with van der Waals surface area (Å²) in [6.45, 7) is 0.677. The molecule has 24 heavy (non-hydrogen) atoms. The van der Waals surface area contributed by atoms with Gasteiger partial charge in [-0.1, -0.05) is 56.0 Å². The topological polar surface area (TPSA) is 49.4 Å². The lowest BCUT2D eigenvalue weighted by atomic mass is 9.94. The third kappa shape index (κ3) is 4.16. The van der Waals surface area contributed by atoms with Crippen molar-refractivity contribution in [1.82, 2.24) is 10.2 Å². The Morgan fingerprint density at radius 2 is 1.71 bits per heavy atom. The molecule has 1 aromatic rings. The van der Waals surface area contributed by atoms with Gasteiger partial charge < -0.3 is 10.2 Å². The Morgan fingerprint density at radius 1 is 1.00 bits per heavy atom. The van der Waals surface area contributed by atoms with Gasteiger partial charge in [-0.05, 0) is 31.2 Å². The summed E-state index contributed by atoms with van der Waals surface area (Å²) in [4.78, 5) is 27.4. The van der Waals surface area contributed by atoms with Gasteiger partial charge in [-0.25, -0.2) is 0 Å². The molecule has 1 aliphatic heterocycles. The monoisotopic (exact) mass is 328 g/mol.